The van der Waals surface area contributed by atoms with Crippen LogP contribution in [0.25, 0.3) is 0 Å². The number of imidazole rings is 1. The number of carboxylic acids is 1. The summed E-state index contributed by atoms with van der Waals surface area (Å²) in [5.41, 5.74) is 11.4. The second kappa shape index (κ2) is 14.1. The number of carbonyl (C=O) groups is 5. The molecule has 1 rings (SSSR count). The topological polar surface area (TPSA) is 243 Å². The van der Waals surface area contributed by atoms with Crippen molar-refractivity contribution in [2.75, 3.05) is 18.6 Å². The third-order valence-corrected chi connectivity index (χ3v) is 5.05. The molecule has 0 fully saturated rings. The lowest BCUT2D eigenvalue weighted by Gasteiger charge is -2.24. The van der Waals surface area contributed by atoms with Gasteiger partial charge < -0.3 is 42.6 Å². The molecule has 4 amide bonds. The van der Waals surface area contributed by atoms with Gasteiger partial charge in [-0.15, -0.1) is 0 Å². The average Bonchev–Trinajstić information content (AvgIpc) is 3.26. The smallest absolute Gasteiger partial charge is 0.326 e. The number of aliphatic carboxylic acids is 1. The Labute approximate surface area is 193 Å². The largest absolute Gasteiger partial charge is 0.480 e. The molecule has 0 bridgehead atoms. The number of amides is 4. The first kappa shape index (κ1) is 27.9. The first-order valence-electron chi connectivity index (χ1n) is 9.83. The van der Waals surface area contributed by atoms with Crippen LogP contribution in [0, 0.1) is 0 Å². The number of rotatable bonds is 15. The zero-order valence-corrected chi connectivity index (χ0v) is 18.8. The van der Waals surface area contributed by atoms with Crippen LogP contribution in [-0.2, 0) is 30.4 Å². The van der Waals surface area contributed by atoms with Crippen LogP contribution in [0.3, 0.4) is 0 Å². The molecule has 1 aromatic rings. The maximum Gasteiger partial charge on any atom is 0.326 e. The van der Waals surface area contributed by atoms with Gasteiger partial charge in [0.25, 0.3) is 0 Å². The fourth-order valence-electron chi connectivity index (χ4n) is 2.65. The summed E-state index contributed by atoms with van der Waals surface area (Å²) in [7, 11) is 0. The van der Waals surface area contributed by atoms with E-state index in [9.17, 15) is 29.1 Å². The lowest BCUT2D eigenvalue weighted by atomic mass is 10.1. The summed E-state index contributed by atoms with van der Waals surface area (Å²) in [6, 6.07) is -5.20. The molecule has 0 radical (unpaired) electrons. The van der Waals surface area contributed by atoms with E-state index < -0.39 is 66.8 Å². The Morgan fingerprint density at radius 3 is 2.21 bits per heavy atom. The van der Waals surface area contributed by atoms with Crippen molar-refractivity contribution in [3.63, 3.8) is 0 Å². The second-order valence-electron chi connectivity index (χ2n) is 7.04. The molecule has 0 spiro atoms. The van der Waals surface area contributed by atoms with Crippen molar-refractivity contribution in [3.05, 3.63) is 18.2 Å². The Balaban J connectivity index is 2.80. The quantitative estimate of drug-likeness (QED) is 0.121. The number of hydrogen-bond acceptors (Lipinski definition) is 9. The van der Waals surface area contributed by atoms with Crippen molar-refractivity contribution in [2.45, 2.75) is 43.4 Å². The number of aromatic amines is 1. The van der Waals surface area contributed by atoms with Gasteiger partial charge in [0, 0.05) is 18.3 Å². The molecule has 15 heteroatoms. The van der Waals surface area contributed by atoms with E-state index in [1.807, 2.05) is 0 Å². The van der Waals surface area contributed by atoms with Gasteiger partial charge in [0.2, 0.25) is 23.6 Å². The van der Waals surface area contributed by atoms with Crippen LogP contribution in [-0.4, -0.2) is 92.6 Å². The van der Waals surface area contributed by atoms with Gasteiger partial charge in [-0.05, 0) is 18.4 Å². The molecule has 1 aromatic heterocycles. The number of nitrogens with one attached hydrogen (secondary N) is 4. The van der Waals surface area contributed by atoms with Gasteiger partial charge in [0.1, 0.15) is 18.1 Å². The van der Waals surface area contributed by atoms with E-state index in [1.54, 1.807) is 6.26 Å². The summed E-state index contributed by atoms with van der Waals surface area (Å²) in [5, 5.41) is 25.6. The molecule has 0 saturated carbocycles. The number of H-pyrrole nitrogens is 1. The third kappa shape index (κ3) is 9.88. The molecular formula is C18H29N7O7S. The molecule has 0 aliphatic heterocycles. The lowest BCUT2D eigenvalue weighted by molar-refractivity contribution is -0.143. The zero-order chi connectivity index (χ0) is 25.0. The molecule has 4 unspecified atom stereocenters. The second-order valence-corrected chi connectivity index (χ2v) is 8.03. The first-order chi connectivity index (χ1) is 15.6. The molecule has 1 heterocycles. The normalized spacial score (nSPS) is 14.4. The fraction of sp³-hybridized carbons (Fsp3) is 0.556. The van der Waals surface area contributed by atoms with E-state index in [-0.39, 0.29) is 12.8 Å². The van der Waals surface area contributed by atoms with Crippen LogP contribution in [0.5, 0.6) is 0 Å². The highest BCUT2D eigenvalue weighted by atomic mass is 32.2. The number of aromatic nitrogens is 2. The summed E-state index contributed by atoms with van der Waals surface area (Å²) in [5.74, 6) is -4.41. The van der Waals surface area contributed by atoms with Crippen molar-refractivity contribution in [1.29, 1.82) is 0 Å². The Hall–Kier alpha value is -3.17. The standard InChI is InChI=1S/C18H29N7O7S/c1-33-3-2-11(16(29)24-12(18(31)32)5-14(20)27)23-17(30)13(7-26)25-15(28)10(19)4-9-6-21-8-22-9/h6,8,10-13,26H,2-5,7,19H2,1H3,(H2,20,27)(H,21,22)(H,23,30)(H,24,29)(H,25,28)(H,31,32). The van der Waals surface area contributed by atoms with Crippen molar-refractivity contribution >= 4 is 41.4 Å². The predicted molar refractivity (Wildman–Crippen MR) is 118 cm³/mol. The maximum absolute atomic E-state index is 12.6. The highest BCUT2D eigenvalue weighted by molar-refractivity contribution is 7.98. The fourth-order valence-corrected chi connectivity index (χ4v) is 3.12. The summed E-state index contributed by atoms with van der Waals surface area (Å²) < 4.78 is 0. The number of thioether (sulfide) groups is 1. The highest BCUT2D eigenvalue weighted by Gasteiger charge is 2.30. The van der Waals surface area contributed by atoms with Crippen LogP contribution < -0.4 is 27.4 Å². The van der Waals surface area contributed by atoms with Crippen LogP contribution in [0.1, 0.15) is 18.5 Å². The van der Waals surface area contributed by atoms with E-state index in [0.29, 0.717) is 11.4 Å². The monoisotopic (exact) mass is 487 g/mol. The molecule has 33 heavy (non-hydrogen) atoms. The van der Waals surface area contributed by atoms with E-state index >= 15 is 0 Å². The number of nitrogens with two attached hydrogens (primary N) is 2. The molecule has 0 aromatic carbocycles. The molecule has 10 N–H and O–H groups in total. The minimum absolute atomic E-state index is 0.112. The van der Waals surface area contributed by atoms with Crippen molar-refractivity contribution < 1.29 is 34.2 Å². The van der Waals surface area contributed by atoms with Gasteiger partial charge in [0.15, 0.2) is 0 Å². The molecule has 4 atom stereocenters. The van der Waals surface area contributed by atoms with Crippen molar-refractivity contribution in [1.82, 2.24) is 25.9 Å². The Morgan fingerprint density at radius 1 is 1.09 bits per heavy atom. The van der Waals surface area contributed by atoms with E-state index in [1.165, 1.54) is 24.3 Å². The number of carboxylic acid groups (broad SMARTS) is 1. The molecule has 0 aliphatic rings. The number of aliphatic hydroxyl groups is 1. The first-order valence-corrected chi connectivity index (χ1v) is 11.2. The minimum Gasteiger partial charge on any atom is -0.480 e. The summed E-state index contributed by atoms with van der Waals surface area (Å²) in [6.45, 7) is -0.773. The Morgan fingerprint density at radius 2 is 1.70 bits per heavy atom. The minimum atomic E-state index is -1.57. The summed E-state index contributed by atoms with van der Waals surface area (Å²) in [6.07, 6.45) is 4.27. The third-order valence-electron chi connectivity index (χ3n) is 4.41. The van der Waals surface area contributed by atoms with Gasteiger partial charge in [-0.25, -0.2) is 9.78 Å². The summed E-state index contributed by atoms with van der Waals surface area (Å²) in [4.78, 5) is 66.4. The van der Waals surface area contributed by atoms with Gasteiger partial charge in [-0.3, -0.25) is 19.2 Å². The van der Waals surface area contributed by atoms with E-state index in [4.69, 9.17) is 16.6 Å². The molecule has 14 nitrogen and oxygen atoms in total. The number of primary amides is 1. The molecule has 184 valence electrons. The van der Waals surface area contributed by atoms with Gasteiger partial charge in [0.05, 0.1) is 25.4 Å². The van der Waals surface area contributed by atoms with Crippen LogP contribution in [0.2, 0.25) is 0 Å². The van der Waals surface area contributed by atoms with Crippen LogP contribution >= 0.6 is 11.8 Å². The van der Waals surface area contributed by atoms with Crippen LogP contribution in [0.4, 0.5) is 0 Å². The zero-order valence-electron chi connectivity index (χ0n) is 17.9. The van der Waals surface area contributed by atoms with Crippen molar-refractivity contribution in [2.24, 2.45) is 11.5 Å². The Kier molecular flexibility index (Phi) is 11.9. The molecule has 0 saturated heterocycles. The number of hydrogen-bond donors (Lipinski definition) is 8. The van der Waals surface area contributed by atoms with Gasteiger partial charge in [-0.1, -0.05) is 0 Å². The summed E-state index contributed by atoms with van der Waals surface area (Å²) >= 11 is 1.38. The molecular weight excluding hydrogens is 458 g/mol. The SMILES string of the molecule is CSCCC(NC(=O)C(CO)NC(=O)C(N)Cc1cnc[nH]1)C(=O)NC(CC(N)=O)C(=O)O. The number of nitrogens with zero attached hydrogens (tertiary/aromatic N) is 1. The van der Waals surface area contributed by atoms with Crippen molar-refractivity contribution in [3.8, 4) is 0 Å². The maximum atomic E-state index is 12.6. The number of aliphatic hydroxyl groups excluding tert-OH is 1. The van der Waals surface area contributed by atoms with E-state index in [2.05, 4.69) is 25.9 Å². The average molecular weight is 488 g/mol. The van der Waals surface area contributed by atoms with Gasteiger partial charge >= 0.3 is 5.97 Å². The van der Waals surface area contributed by atoms with E-state index in [0.717, 1.165) is 0 Å². The Bertz CT molecular complexity index is 821. The lowest BCUT2D eigenvalue weighted by Crippen LogP contribution is -2.58. The van der Waals surface area contributed by atoms with Crippen LogP contribution in [0.15, 0.2) is 12.5 Å². The number of carbonyl (C=O) groups excluding carboxylic acids is 4. The molecule has 0 aliphatic carbocycles. The predicted octanol–water partition coefficient (Wildman–Crippen LogP) is -3.56. The van der Waals surface area contributed by atoms with Gasteiger partial charge in [-0.2, -0.15) is 11.8 Å². The highest BCUT2D eigenvalue weighted by Crippen LogP contribution is 2.04.